The molecule has 0 fully saturated rings. The topological polar surface area (TPSA) is 64.5 Å². The monoisotopic (exact) mass is 323 g/mol. The summed E-state index contributed by atoms with van der Waals surface area (Å²) in [6, 6.07) is 0. The fourth-order valence-corrected chi connectivity index (χ4v) is 2.81. The number of hydrogen-bond acceptors (Lipinski definition) is 4. The molecular weight excluding hydrogens is 310 g/mol. The summed E-state index contributed by atoms with van der Waals surface area (Å²) >= 11 is 3.39. The number of fused-ring (bicyclic) bond motifs is 2. The maximum atomic E-state index is 12.4. The van der Waals surface area contributed by atoms with Crippen LogP contribution < -0.4 is 5.56 Å². The zero-order chi connectivity index (χ0) is 13.6. The number of halogens is 1. The normalized spacial score (nSPS) is 13.9. The third-order valence-electron chi connectivity index (χ3n) is 3.32. The maximum Gasteiger partial charge on any atom is 0.266 e. The van der Waals surface area contributed by atoms with Crippen molar-refractivity contribution in [2.45, 2.75) is 39.7 Å². The van der Waals surface area contributed by atoms with E-state index in [1.165, 1.54) is 0 Å². The predicted molar refractivity (Wildman–Crippen MR) is 76.6 cm³/mol. The van der Waals surface area contributed by atoms with Gasteiger partial charge in [0.15, 0.2) is 0 Å². The van der Waals surface area contributed by atoms with E-state index in [1.54, 1.807) is 11.3 Å². The van der Waals surface area contributed by atoms with E-state index in [9.17, 15) is 4.79 Å². The summed E-state index contributed by atoms with van der Waals surface area (Å²) in [5, 5.41) is 8.14. The number of aryl methyl sites for hydroxylation is 2. The SMILES string of the molecule is CCCCn1c2c(c(=O)n3c(C)nnc13)CC(Br)=N2. The summed E-state index contributed by atoms with van der Waals surface area (Å²) in [4.78, 5) is 16.9. The van der Waals surface area contributed by atoms with Crippen LogP contribution in [-0.4, -0.2) is 23.8 Å². The molecule has 0 N–H and O–H groups in total. The average Bonchev–Trinajstić information content (AvgIpc) is 2.94. The number of unbranched alkanes of at least 4 members (excludes halogenated alkanes) is 1. The van der Waals surface area contributed by atoms with E-state index in [4.69, 9.17) is 0 Å². The molecule has 100 valence electrons. The Kier molecular flexibility index (Phi) is 3.00. The molecule has 0 saturated heterocycles. The van der Waals surface area contributed by atoms with Gasteiger partial charge in [-0.1, -0.05) is 13.3 Å². The van der Waals surface area contributed by atoms with Gasteiger partial charge in [0.25, 0.3) is 5.56 Å². The van der Waals surface area contributed by atoms with Crippen molar-refractivity contribution in [2.24, 2.45) is 4.99 Å². The fraction of sp³-hybridized carbons (Fsp3) is 0.500. The van der Waals surface area contributed by atoms with Crippen LogP contribution in [0.4, 0.5) is 5.82 Å². The van der Waals surface area contributed by atoms with E-state index in [-0.39, 0.29) is 5.56 Å². The van der Waals surface area contributed by atoms with Crippen LogP contribution in [0.25, 0.3) is 5.78 Å². The van der Waals surface area contributed by atoms with Gasteiger partial charge in [0.1, 0.15) is 11.6 Å². The highest BCUT2D eigenvalue weighted by Gasteiger charge is 2.24. The predicted octanol–water partition coefficient (Wildman–Crippen LogP) is 1.98. The molecule has 7 heteroatoms. The minimum Gasteiger partial charge on any atom is -0.294 e. The van der Waals surface area contributed by atoms with Crippen molar-refractivity contribution in [3.8, 4) is 0 Å². The van der Waals surface area contributed by atoms with Crippen molar-refractivity contribution in [2.75, 3.05) is 0 Å². The third kappa shape index (κ3) is 1.83. The highest BCUT2D eigenvalue weighted by atomic mass is 79.9. The van der Waals surface area contributed by atoms with E-state index < -0.39 is 0 Å². The molecule has 0 radical (unpaired) electrons. The summed E-state index contributed by atoms with van der Waals surface area (Å²) in [6.07, 6.45) is 2.64. The standard InChI is InChI=1S/C12H14BrN5O/c1-3-4-5-17-10-8(6-9(13)14-10)11(19)18-7(2)15-16-12(17)18/h3-6H2,1-2H3. The molecular formula is C12H14BrN5O. The molecule has 19 heavy (non-hydrogen) atoms. The molecule has 3 heterocycles. The zero-order valence-corrected chi connectivity index (χ0v) is 12.4. The summed E-state index contributed by atoms with van der Waals surface area (Å²) < 4.78 is 4.37. The summed E-state index contributed by atoms with van der Waals surface area (Å²) in [5.41, 5.74) is 0.664. The van der Waals surface area contributed by atoms with Crippen LogP contribution in [0.2, 0.25) is 0 Å². The van der Waals surface area contributed by atoms with Crippen molar-refractivity contribution >= 4 is 32.1 Å². The molecule has 0 saturated carbocycles. The van der Waals surface area contributed by atoms with Gasteiger partial charge in [0, 0.05) is 13.0 Å². The first kappa shape index (κ1) is 12.5. The average molecular weight is 324 g/mol. The van der Waals surface area contributed by atoms with Crippen molar-refractivity contribution in [3.05, 3.63) is 21.7 Å². The van der Waals surface area contributed by atoms with Gasteiger partial charge in [-0.05, 0) is 29.3 Å². The zero-order valence-electron chi connectivity index (χ0n) is 10.9. The highest BCUT2D eigenvalue weighted by molar-refractivity contribution is 9.18. The van der Waals surface area contributed by atoms with Gasteiger partial charge in [0.05, 0.1) is 10.2 Å². The Morgan fingerprint density at radius 1 is 1.37 bits per heavy atom. The van der Waals surface area contributed by atoms with Crippen LogP contribution in [0.1, 0.15) is 31.2 Å². The molecule has 2 aromatic heterocycles. The van der Waals surface area contributed by atoms with Crippen molar-refractivity contribution in [1.29, 1.82) is 0 Å². The van der Waals surface area contributed by atoms with Crippen LogP contribution >= 0.6 is 15.9 Å². The van der Waals surface area contributed by atoms with Crippen LogP contribution in [0.5, 0.6) is 0 Å². The fourth-order valence-electron chi connectivity index (χ4n) is 2.36. The third-order valence-corrected chi connectivity index (χ3v) is 3.78. The lowest BCUT2D eigenvalue weighted by molar-refractivity contribution is 0.631. The highest BCUT2D eigenvalue weighted by Crippen LogP contribution is 2.27. The molecule has 0 unspecified atom stereocenters. The summed E-state index contributed by atoms with van der Waals surface area (Å²) in [7, 11) is 0. The first-order chi connectivity index (χ1) is 9.13. The molecule has 3 rings (SSSR count). The van der Waals surface area contributed by atoms with Crippen LogP contribution in [0.15, 0.2) is 9.79 Å². The summed E-state index contributed by atoms with van der Waals surface area (Å²) in [6.45, 7) is 4.72. The molecule has 0 spiro atoms. The largest absolute Gasteiger partial charge is 0.294 e. The Labute approximate surface area is 118 Å². The second kappa shape index (κ2) is 4.56. The second-order valence-electron chi connectivity index (χ2n) is 4.66. The lowest BCUT2D eigenvalue weighted by atomic mass is 10.2. The van der Waals surface area contributed by atoms with Crippen molar-refractivity contribution in [3.63, 3.8) is 0 Å². The minimum absolute atomic E-state index is 0.0570. The minimum atomic E-state index is -0.0570. The quantitative estimate of drug-likeness (QED) is 0.867. The Morgan fingerprint density at radius 2 is 2.16 bits per heavy atom. The molecule has 1 aliphatic heterocycles. The molecule has 2 aromatic rings. The molecule has 1 aliphatic rings. The number of hydrogen-bond donors (Lipinski definition) is 0. The van der Waals surface area contributed by atoms with Gasteiger partial charge < -0.3 is 0 Å². The van der Waals surface area contributed by atoms with E-state index in [0.29, 0.717) is 18.0 Å². The lowest BCUT2D eigenvalue weighted by Gasteiger charge is -2.11. The van der Waals surface area contributed by atoms with Gasteiger partial charge in [0.2, 0.25) is 5.78 Å². The van der Waals surface area contributed by atoms with Gasteiger partial charge in [-0.15, -0.1) is 10.2 Å². The number of aliphatic imine (C=N–C) groups is 1. The Morgan fingerprint density at radius 3 is 2.89 bits per heavy atom. The molecule has 0 bridgehead atoms. The van der Waals surface area contributed by atoms with E-state index >= 15 is 0 Å². The first-order valence-electron chi connectivity index (χ1n) is 6.34. The molecule has 0 aliphatic carbocycles. The van der Waals surface area contributed by atoms with Gasteiger partial charge in [-0.2, -0.15) is 0 Å². The van der Waals surface area contributed by atoms with Gasteiger partial charge >= 0.3 is 0 Å². The van der Waals surface area contributed by atoms with E-state index in [1.807, 2.05) is 4.57 Å². The van der Waals surface area contributed by atoms with Crippen LogP contribution in [0, 0.1) is 6.92 Å². The molecule has 6 nitrogen and oxygen atoms in total. The number of nitrogens with zero attached hydrogens (tertiary/aromatic N) is 5. The second-order valence-corrected chi connectivity index (χ2v) is 5.58. The number of rotatable bonds is 3. The molecule has 0 aromatic carbocycles. The van der Waals surface area contributed by atoms with Crippen LogP contribution in [-0.2, 0) is 13.0 Å². The van der Waals surface area contributed by atoms with E-state index in [0.717, 1.165) is 35.4 Å². The smallest absolute Gasteiger partial charge is 0.266 e. The van der Waals surface area contributed by atoms with Gasteiger partial charge in [-0.3, -0.25) is 9.36 Å². The van der Waals surface area contributed by atoms with Crippen molar-refractivity contribution < 1.29 is 0 Å². The van der Waals surface area contributed by atoms with Crippen molar-refractivity contribution in [1.82, 2.24) is 19.2 Å². The lowest BCUT2D eigenvalue weighted by Crippen LogP contribution is -2.23. The number of aromatic nitrogens is 4. The van der Waals surface area contributed by atoms with E-state index in [2.05, 4.69) is 38.0 Å². The van der Waals surface area contributed by atoms with Gasteiger partial charge in [-0.25, -0.2) is 9.39 Å². The Hall–Kier alpha value is -1.50. The maximum absolute atomic E-state index is 12.4. The molecule has 0 amide bonds. The first-order valence-corrected chi connectivity index (χ1v) is 7.13. The molecule has 0 atom stereocenters. The Balaban J connectivity index is 2.34. The summed E-state index contributed by atoms with van der Waals surface area (Å²) in [5.74, 6) is 1.93. The Bertz CT molecular complexity index is 743. The van der Waals surface area contributed by atoms with Crippen LogP contribution in [0.3, 0.4) is 0 Å².